The molecule has 0 amide bonds. The molecule has 1 unspecified atom stereocenters. The summed E-state index contributed by atoms with van der Waals surface area (Å²) in [5.74, 6) is 0. The standard InChI is InChI=1S/C12H19NO/c1-12(2,3)10-6-4-5-9(7-10)11(14)8-13/h4-7,11,14H,8,13H2,1-3H3. The maximum atomic E-state index is 9.59. The number of hydrogen-bond acceptors (Lipinski definition) is 2. The Morgan fingerprint density at radius 2 is 2.00 bits per heavy atom. The van der Waals surface area contributed by atoms with Crippen molar-refractivity contribution in [1.29, 1.82) is 0 Å². The Kier molecular flexibility index (Phi) is 3.29. The Hall–Kier alpha value is -0.860. The lowest BCUT2D eigenvalue weighted by Gasteiger charge is -2.20. The van der Waals surface area contributed by atoms with E-state index in [0.29, 0.717) is 0 Å². The zero-order valence-electron chi connectivity index (χ0n) is 9.12. The Morgan fingerprint density at radius 1 is 1.36 bits per heavy atom. The molecule has 2 heteroatoms. The van der Waals surface area contributed by atoms with Crippen molar-refractivity contribution in [1.82, 2.24) is 0 Å². The van der Waals surface area contributed by atoms with Gasteiger partial charge in [0.15, 0.2) is 0 Å². The van der Waals surface area contributed by atoms with Crippen LogP contribution in [0.4, 0.5) is 0 Å². The molecule has 1 aromatic rings. The van der Waals surface area contributed by atoms with E-state index in [1.807, 2.05) is 18.2 Å². The Morgan fingerprint density at radius 3 is 2.50 bits per heavy atom. The first-order valence-electron chi connectivity index (χ1n) is 4.93. The summed E-state index contributed by atoms with van der Waals surface area (Å²) < 4.78 is 0. The highest BCUT2D eigenvalue weighted by molar-refractivity contribution is 5.29. The minimum absolute atomic E-state index is 0.115. The summed E-state index contributed by atoms with van der Waals surface area (Å²) in [7, 11) is 0. The number of aliphatic hydroxyl groups is 1. The van der Waals surface area contributed by atoms with E-state index in [-0.39, 0.29) is 12.0 Å². The fourth-order valence-corrected chi connectivity index (χ4v) is 1.35. The fraction of sp³-hybridized carbons (Fsp3) is 0.500. The largest absolute Gasteiger partial charge is 0.387 e. The third-order valence-electron chi connectivity index (χ3n) is 2.36. The molecule has 2 nitrogen and oxygen atoms in total. The number of benzene rings is 1. The predicted molar refractivity (Wildman–Crippen MR) is 59.2 cm³/mol. The van der Waals surface area contributed by atoms with Crippen molar-refractivity contribution in [2.75, 3.05) is 6.54 Å². The lowest BCUT2D eigenvalue weighted by molar-refractivity contribution is 0.186. The van der Waals surface area contributed by atoms with Crippen LogP contribution in [0.15, 0.2) is 24.3 Å². The molecule has 0 radical (unpaired) electrons. The maximum absolute atomic E-state index is 9.59. The van der Waals surface area contributed by atoms with E-state index in [9.17, 15) is 5.11 Å². The monoisotopic (exact) mass is 193 g/mol. The van der Waals surface area contributed by atoms with Crippen molar-refractivity contribution >= 4 is 0 Å². The molecule has 1 aromatic carbocycles. The molecular weight excluding hydrogens is 174 g/mol. The van der Waals surface area contributed by atoms with Crippen LogP contribution >= 0.6 is 0 Å². The van der Waals surface area contributed by atoms with Gasteiger partial charge in [0.05, 0.1) is 6.10 Å². The van der Waals surface area contributed by atoms with Gasteiger partial charge in [0, 0.05) is 6.54 Å². The quantitative estimate of drug-likeness (QED) is 0.754. The second-order valence-electron chi connectivity index (χ2n) is 4.63. The van der Waals surface area contributed by atoms with Crippen LogP contribution in [0, 0.1) is 0 Å². The predicted octanol–water partition coefficient (Wildman–Crippen LogP) is 1.98. The average molecular weight is 193 g/mol. The van der Waals surface area contributed by atoms with Crippen molar-refractivity contribution in [3.8, 4) is 0 Å². The number of rotatable bonds is 2. The zero-order valence-corrected chi connectivity index (χ0v) is 9.12. The van der Waals surface area contributed by atoms with Crippen LogP contribution in [-0.4, -0.2) is 11.7 Å². The van der Waals surface area contributed by atoms with Crippen LogP contribution < -0.4 is 5.73 Å². The molecule has 0 fully saturated rings. The summed E-state index contributed by atoms with van der Waals surface area (Å²) in [5, 5.41) is 9.59. The Balaban J connectivity index is 3.01. The molecule has 0 aliphatic heterocycles. The molecular formula is C12H19NO. The van der Waals surface area contributed by atoms with Gasteiger partial charge in [-0.25, -0.2) is 0 Å². The summed E-state index contributed by atoms with van der Waals surface area (Å²) in [5.41, 5.74) is 7.66. The van der Waals surface area contributed by atoms with E-state index in [0.717, 1.165) is 5.56 Å². The normalized spacial score (nSPS) is 14.1. The smallest absolute Gasteiger partial charge is 0.0912 e. The Labute approximate surface area is 85.8 Å². The molecule has 1 rings (SSSR count). The average Bonchev–Trinajstić information content (AvgIpc) is 2.15. The topological polar surface area (TPSA) is 46.2 Å². The first kappa shape index (κ1) is 11.2. The van der Waals surface area contributed by atoms with Gasteiger partial charge in [-0.2, -0.15) is 0 Å². The zero-order chi connectivity index (χ0) is 10.8. The third-order valence-corrected chi connectivity index (χ3v) is 2.36. The highest BCUT2D eigenvalue weighted by Gasteiger charge is 2.15. The molecule has 78 valence electrons. The minimum Gasteiger partial charge on any atom is -0.387 e. The second-order valence-corrected chi connectivity index (χ2v) is 4.63. The maximum Gasteiger partial charge on any atom is 0.0912 e. The van der Waals surface area contributed by atoms with Gasteiger partial charge in [0.2, 0.25) is 0 Å². The summed E-state index contributed by atoms with van der Waals surface area (Å²) in [6, 6.07) is 7.98. The molecule has 1 atom stereocenters. The highest BCUT2D eigenvalue weighted by Crippen LogP contribution is 2.24. The number of hydrogen-bond donors (Lipinski definition) is 2. The summed E-state index contributed by atoms with van der Waals surface area (Å²) >= 11 is 0. The van der Waals surface area contributed by atoms with Gasteiger partial charge >= 0.3 is 0 Å². The van der Waals surface area contributed by atoms with Crippen molar-refractivity contribution < 1.29 is 5.11 Å². The van der Waals surface area contributed by atoms with E-state index >= 15 is 0 Å². The van der Waals surface area contributed by atoms with Gasteiger partial charge in [0.25, 0.3) is 0 Å². The van der Waals surface area contributed by atoms with Crippen LogP contribution in [-0.2, 0) is 5.41 Å². The summed E-state index contributed by atoms with van der Waals surface area (Å²) in [6.45, 7) is 6.73. The second kappa shape index (κ2) is 4.11. The highest BCUT2D eigenvalue weighted by atomic mass is 16.3. The van der Waals surface area contributed by atoms with Crippen molar-refractivity contribution in [2.45, 2.75) is 32.3 Å². The van der Waals surface area contributed by atoms with Gasteiger partial charge in [-0.05, 0) is 16.5 Å². The molecule has 0 saturated carbocycles. The fourth-order valence-electron chi connectivity index (χ4n) is 1.35. The summed E-state index contributed by atoms with van der Waals surface area (Å²) in [4.78, 5) is 0. The van der Waals surface area contributed by atoms with Crippen LogP contribution in [0.2, 0.25) is 0 Å². The number of aliphatic hydroxyl groups excluding tert-OH is 1. The van der Waals surface area contributed by atoms with Crippen molar-refractivity contribution in [3.05, 3.63) is 35.4 Å². The molecule has 0 aliphatic carbocycles. The molecule has 0 saturated heterocycles. The van der Waals surface area contributed by atoms with Crippen LogP contribution in [0.25, 0.3) is 0 Å². The Bertz CT molecular complexity index is 301. The number of nitrogens with two attached hydrogens (primary N) is 1. The first-order chi connectivity index (χ1) is 6.45. The molecule has 0 spiro atoms. The lowest BCUT2D eigenvalue weighted by Crippen LogP contribution is -2.15. The van der Waals surface area contributed by atoms with E-state index in [2.05, 4.69) is 26.8 Å². The van der Waals surface area contributed by atoms with Gasteiger partial charge in [-0.3, -0.25) is 0 Å². The molecule has 0 aliphatic rings. The van der Waals surface area contributed by atoms with Gasteiger partial charge in [-0.15, -0.1) is 0 Å². The van der Waals surface area contributed by atoms with E-state index in [1.54, 1.807) is 0 Å². The van der Waals surface area contributed by atoms with Crippen molar-refractivity contribution in [3.63, 3.8) is 0 Å². The SMILES string of the molecule is CC(C)(C)c1cccc(C(O)CN)c1. The first-order valence-corrected chi connectivity index (χ1v) is 4.93. The summed E-state index contributed by atoms with van der Waals surface area (Å²) in [6.07, 6.45) is -0.544. The molecule has 14 heavy (non-hydrogen) atoms. The van der Waals surface area contributed by atoms with Crippen LogP contribution in [0.1, 0.15) is 38.0 Å². The van der Waals surface area contributed by atoms with E-state index in [4.69, 9.17) is 5.73 Å². The lowest BCUT2D eigenvalue weighted by atomic mass is 9.86. The molecule has 0 bridgehead atoms. The third kappa shape index (κ3) is 2.56. The van der Waals surface area contributed by atoms with Gasteiger partial charge in [-0.1, -0.05) is 45.0 Å². The van der Waals surface area contributed by atoms with Crippen molar-refractivity contribution in [2.24, 2.45) is 5.73 Å². The van der Waals surface area contributed by atoms with E-state index in [1.165, 1.54) is 5.56 Å². The van der Waals surface area contributed by atoms with E-state index < -0.39 is 6.10 Å². The van der Waals surface area contributed by atoms with Crippen LogP contribution in [0.3, 0.4) is 0 Å². The molecule has 0 aromatic heterocycles. The minimum atomic E-state index is -0.544. The van der Waals surface area contributed by atoms with Crippen LogP contribution in [0.5, 0.6) is 0 Å². The van der Waals surface area contributed by atoms with Gasteiger partial charge in [0.1, 0.15) is 0 Å². The van der Waals surface area contributed by atoms with Gasteiger partial charge < -0.3 is 10.8 Å². The molecule has 0 heterocycles. The molecule has 3 N–H and O–H groups in total.